The molecule has 1 aliphatic heterocycles. The largest absolute Gasteiger partial charge is 0.419 e. The van der Waals surface area contributed by atoms with Gasteiger partial charge < -0.3 is 10.5 Å². The van der Waals surface area contributed by atoms with E-state index in [9.17, 15) is 26.0 Å². The summed E-state index contributed by atoms with van der Waals surface area (Å²) in [5, 5.41) is 0. The van der Waals surface area contributed by atoms with Crippen molar-refractivity contribution in [3.63, 3.8) is 0 Å². The average molecular weight is 384 g/mol. The summed E-state index contributed by atoms with van der Waals surface area (Å²) in [5.41, 5.74) is 3.88. The molecule has 0 radical (unpaired) electrons. The molecule has 2 rings (SSSR count). The number of benzene rings is 1. The molecular weight excluding hydrogens is 364 g/mol. The average Bonchev–Trinajstić information content (AvgIpc) is 2.54. The lowest BCUT2D eigenvalue weighted by atomic mass is 10.1. The molecule has 1 aromatic carbocycles. The number of ether oxygens (including phenoxy) is 1. The highest BCUT2D eigenvalue weighted by atomic mass is 32.2. The molecule has 0 atom stereocenters. The number of nitrogens with two attached hydrogens (primary N) is 1. The Hall–Kier alpha value is -1.23. The topological polar surface area (TPSA) is 72.6 Å². The van der Waals surface area contributed by atoms with E-state index in [2.05, 4.69) is 0 Å². The Kier molecular flexibility index (Phi) is 6.41. The van der Waals surface area contributed by atoms with Crippen molar-refractivity contribution in [1.29, 1.82) is 0 Å². The molecular formula is C15H20F4N2O3S. The van der Waals surface area contributed by atoms with Gasteiger partial charge >= 0.3 is 6.18 Å². The van der Waals surface area contributed by atoms with Crippen molar-refractivity contribution in [2.45, 2.75) is 36.4 Å². The van der Waals surface area contributed by atoms with Crippen molar-refractivity contribution in [3.05, 3.63) is 29.6 Å². The van der Waals surface area contributed by atoms with E-state index in [0.717, 1.165) is 10.4 Å². The van der Waals surface area contributed by atoms with Crippen molar-refractivity contribution in [1.82, 2.24) is 4.31 Å². The Balaban J connectivity index is 2.06. The van der Waals surface area contributed by atoms with Crippen LogP contribution in [0, 0.1) is 5.82 Å². The third-order valence-electron chi connectivity index (χ3n) is 3.99. The van der Waals surface area contributed by atoms with Crippen LogP contribution in [-0.4, -0.2) is 45.1 Å². The predicted molar refractivity (Wildman–Crippen MR) is 82.8 cm³/mol. The molecule has 2 N–H and O–H groups in total. The smallest absolute Gasteiger partial charge is 0.378 e. The maximum absolute atomic E-state index is 13.6. The van der Waals surface area contributed by atoms with E-state index in [1.807, 2.05) is 0 Å². The van der Waals surface area contributed by atoms with Gasteiger partial charge in [0.05, 0.1) is 16.6 Å². The van der Waals surface area contributed by atoms with E-state index in [-0.39, 0.29) is 19.2 Å². The van der Waals surface area contributed by atoms with E-state index in [4.69, 9.17) is 10.5 Å². The zero-order valence-electron chi connectivity index (χ0n) is 13.4. The standard InChI is InChI=1S/C15H20F4N2O3S/c16-14-10-12(2-3-13(14)15(17,18)19)25(22,23)21-7-4-11(5-8-21)24-9-1-6-20/h2-3,10-11H,1,4-9,20H2. The first-order valence-electron chi connectivity index (χ1n) is 7.85. The molecule has 1 saturated heterocycles. The van der Waals surface area contributed by atoms with Crippen LogP contribution in [0.5, 0.6) is 0 Å². The van der Waals surface area contributed by atoms with Gasteiger partial charge in [0.2, 0.25) is 10.0 Å². The van der Waals surface area contributed by atoms with Crippen LogP contribution in [0.2, 0.25) is 0 Å². The molecule has 5 nitrogen and oxygen atoms in total. The molecule has 0 unspecified atom stereocenters. The molecule has 10 heteroatoms. The number of alkyl halides is 3. The van der Waals surface area contributed by atoms with Crippen LogP contribution in [0.3, 0.4) is 0 Å². The number of halogens is 4. The van der Waals surface area contributed by atoms with Gasteiger partial charge in [-0.05, 0) is 44.0 Å². The molecule has 0 amide bonds. The summed E-state index contributed by atoms with van der Waals surface area (Å²) < 4.78 is 83.1. The van der Waals surface area contributed by atoms with Gasteiger partial charge in [0.15, 0.2) is 0 Å². The van der Waals surface area contributed by atoms with E-state index in [1.54, 1.807) is 0 Å². The summed E-state index contributed by atoms with van der Waals surface area (Å²) in [5.74, 6) is -1.60. The van der Waals surface area contributed by atoms with Gasteiger partial charge in [-0.15, -0.1) is 0 Å². The predicted octanol–water partition coefficient (Wildman–Crippen LogP) is 2.36. The fourth-order valence-corrected chi connectivity index (χ4v) is 4.09. The maximum Gasteiger partial charge on any atom is 0.419 e. The van der Waals surface area contributed by atoms with Gasteiger partial charge in [0, 0.05) is 19.7 Å². The fourth-order valence-electron chi connectivity index (χ4n) is 2.61. The lowest BCUT2D eigenvalue weighted by Gasteiger charge is -2.31. The Labute approximate surface area is 143 Å². The Morgan fingerprint density at radius 3 is 2.40 bits per heavy atom. The van der Waals surface area contributed by atoms with Crippen LogP contribution in [0.4, 0.5) is 17.6 Å². The zero-order valence-corrected chi connectivity index (χ0v) is 14.2. The van der Waals surface area contributed by atoms with Gasteiger partial charge in [-0.2, -0.15) is 17.5 Å². The van der Waals surface area contributed by atoms with E-state index < -0.39 is 32.5 Å². The molecule has 25 heavy (non-hydrogen) atoms. The minimum Gasteiger partial charge on any atom is -0.378 e. The SMILES string of the molecule is NCCCOC1CCN(S(=O)(=O)c2ccc(C(F)(F)F)c(F)c2)CC1. The highest BCUT2D eigenvalue weighted by Crippen LogP contribution is 2.33. The molecule has 0 aliphatic carbocycles. The van der Waals surface area contributed by atoms with E-state index in [0.29, 0.717) is 44.5 Å². The van der Waals surface area contributed by atoms with Crippen molar-refractivity contribution in [2.24, 2.45) is 5.73 Å². The van der Waals surface area contributed by atoms with Gasteiger partial charge in [-0.1, -0.05) is 0 Å². The summed E-state index contributed by atoms with van der Waals surface area (Å²) in [6.07, 6.45) is -3.31. The van der Waals surface area contributed by atoms with Crippen LogP contribution in [-0.2, 0) is 20.9 Å². The van der Waals surface area contributed by atoms with E-state index >= 15 is 0 Å². The number of piperidine rings is 1. The second-order valence-electron chi connectivity index (χ2n) is 5.76. The summed E-state index contributed by atoms with van der Waals surface area (Å²) in [4.78, 5) is -0.486. The van der Waals surface area contributed by atoms with Gasteiger partial charge in [0.25, 0.3) is 0 Å². The van der Waals surface area contributed by atoms with Crippen LogP contribution in [0.1, 0.15) is 24.8 Å². The molecule has 142 valence electrons. The van der Waals surface area contributed by atoms with Crippen LogP contribution < -0.4 is 5.73 Å². The normalized spacial score (nSPS) is 17.8. The number of nitrogens with zero attached hydrogens (tertiary/aromatic N) is 1. The Bertz CT molecular complexity index is 687. The third kappa shape index (κ3) is 4.90. The second-order valence-corrected chi connectivity index (χ2v) is 7.69. The van der Waals surface area contributed by atoms with Crippen molar-refractivity contribution >= 4 is 10.0 Å². The molecule has 0 bridgehead atoms. The quantitative estimate of drug-likeness (QED) is 0.604. The van der Waals surface area contributed by atoms with Gasteiger partial charge in [-0.25, -0.2) is 12.8 Å². The zero-order chi connectivity index (χ0) is 18.7. The first-order chi connectivity index (χ1) is 11.7. The Morgan fingerprint density at radius 2 is 1.88 bits per heavy atom. The van der Waals surface area contributed by atoms with Crippen LogP contribution in [0.15, 0.2) is 23.1 Å². The number of rotatable bonds is 6. The second kappa shape index (κ2) is 7.98. The summed E-state index contributed by atoms with van der Waals surface area (Å²) in [6.45, 7) is 1.33. The van der Waals surface area contributed by atoms with Gasteiger partial charge in [0.1, 0.15) is 5.82 Å². The fraction of sp³-hybridized carbons (Fsp3) is 0.600. The lowest BCUT2D eigenvalue weighted by Crippen LogP contribution is -2.41. The molecule has 1 heterocycles. The van der Waals surface area contributed by atoms with E-state index in [1.165, 1.54) is 0 Å². The first-order valence-corrected chi connectivity index (χ1v) is 9.29. The lowest BCUT2D eigenvalue weighted by molar-refractivity contribution is -0.140. The molecule has 1 aliphatic rings. The monoisotopic (exact) mass is 384 g/mol. The third-order valence-corrected chi connectivity index (χ3v) is 5.88. The highest BCUT2D eigenvalue weighted by molar-refractivity contribution is 7.89. The minimum atomic E-state index is -4.87. The number of hydrogen-bond acceptors (Lipinski definition) is 4. The molecule has 1 fully saturated rings. The van der Waals surface area contributed by atoms with Gasteiger partial charge in [-0.3, -0.25) is 0 Å². The number of hydrogen-bond donors (Lipinski definition) is 1. The highest BCUT2D eigenvalue weighted by Gasteiger charge is 2.36. The first kappa shape index (κ1) is 20.1. The molecule has 1 aromatic rings. The van der Waals surface area contributed by atoms with Crippen LogP contribution in [0.25, 0.3) is 0 Å². The van der Waals surface area contributed by atoms with Crippen molar-refractivity contribution in [2.75, 3.05) is 26.2 Å². The van der Waals surface area contributed by atoms with Crippen molar-refractivity contribution < 1.29 is 30.7 Å². The van der Waals surface area contributed by atoms with Crippen LogP contribution >= 0.6 is 0 Å². The maximum atomic E-state index is 13.6. The summed E-state index contributed by atoms with van der Waals surface area (Å²) in [6, 6.07) is 1.65. The molecule has 0 saturated carbocycles. The number of sulfonamides is 1. The summed E-state index contributed by atoms with van der Waals surface area (Å²) in [7, 11) is -4.04. The van der Waals surface area contributed by atoms with Crippen molar-refractivity contribution in [3.8, 4) is 0 Å². The molecule has 0 spiro atoms. The Morgan fingerprint density at radius 1 is 1.24 bits per heavy atom. The summed E-state index contributed by atoms with van der Waals surface area (Å²) >= 11 is 0. The minimum absolute atomic E-state index is 0.0812. The molecule has 0 aromatic heterocycles.